The van der Waals surface area contributed by atoms with E-state index < -0.39 is 0 Å². The van der Waals surface area contributed by atoms with Crippen LogP contribution in [0.5, 0.6) is 0 Å². The molecule has 0 radical (unpaired) electrons. The van der Waals surface area contributed by atoms with Gasteiger partial charge in [-0.15, -0.1) is 11.6 Å². The quantitative estimate of drug-likeness (QED) is 0.474. The van der Waals surface area contributed by atoms with Crippen molar-refractivity contribution in [3.8, 4) is 0 Å². The molecule has 0 spiro atoms. The molecule has 0 saturated heterocycles. The van der Waals surface area contributed by atoms with E-state index in [4.69, 9.17) is 11.6 Å². The molecule has 0 aliphatic heterocycles. The Hall–Kier alpha value is -0.240. The van der Waals surface area contributed by atoms with Gasteiger partial charge in [-0.2, -0.15) is 0 Å². The summed E-state index contributed by atoms with van der Waals surface area (Å²) in [5, 5.41) is 0. The lowest BCUT2D eigenvalue weighted by molar-refractivity contribution is -0.130. The van der Waals surface area contributed by atoms with Gasteiger partial charge in [0.1, 0.15) is 0 Å². The summed E-state index contributed by atoms with van der Waals surface area (Å²) in [4.78, 5) is 13.4. The fourth-order valence-corrected chi connectivity index (χ4v) is 1.66. The van der Waals surface area contributed by atoms with Gasteiger partial charge in [-0.25, -0.2) is 0 Å². The SMILES string of the molecule is CN(CCCCCCl)C(=O)CC1CC1. The maximum Gasteiger partial charge on any atom is 0.222 e. The van der Waals surface area contributed by atoms with Crippen LogP contribution in [0.3, 0.4) is 0 Å². The first-order chi connectivity index (χ1) is 6.74. The number of carbonyl (C=O) groups excluding carboxylic acids is 1. The molecule has 1 aliphatic rings. The fourth-order valence-electron chi connectivity index (χ4n) is 1.47. The van der Waals surface area contributed by atoms with Gasteiger partial charge in [0.05, 0.1) is 0 Å². The van der Waals surface area contributed by atoms with Crippen molar-refractivity contribution in [2.24, 2.45) is 5.92 Å². The maximum absolute atomic E-state index is 11.6. The van der Waals surface area contributed by atoms with Crippen LogP contribution in [0.1, 0.15) is 38.5 Å². The molecule has 3 heteroatoms. The molecule has 1 aliphatic carbocycles. The topological polar surface area (TPSA) is 20.3 Å². The van der Waals surface area contributed by atoms with Crippen LogP contribution >= 0.6 is 11.6 Å². The molecular formula is C11H20ClNO. The van der Waals surface area contributed by atoms with Crippen molar-refractivity contribution in [1.29, 1.82) is 0 Å². The second kappa shape index (κ2) is 6.28. The van der Waals surface area contributed by atoms with Gasteiger partial charge in [-0.3, -0.25) is 4.79 Å². The Kier molecular flexibility index (Phi) is 5.31. The normalized spacial score (nSPS) is 15.6. The van der Waals surface area contributed by atoms with E-state index in [2.05, 4.69) is 0 Å². The summed E-state index contributed by atoms with van der Waals surface area (Å²) in [6, 6.07) is 0. The Bertz CT molecular complexity index is 180. The molecular weight excluding hydrogens is 198 g/mol. The van der Waals surface area contributed by atoms with Crippen LogP contribution < -0.4 is 0 Å². The zero-order valence-corrected chi connectivity index (χ0v) is 9.72. The summed E-state index contributed by atoms with van der Waals surface area (Å²) in [6.45, 7) is 0.891. The summed E-state index contributed by atoms with van der Waals surface area (Å²) < 4.78 is 0. The largest absolute Gasteiger partial charge is 0.346 e. The van der Waals surface area contributed by atoms with Gasteiger partial charge >= 0.3 is 0 Å². The monoisotopic (exact) mass is 217 g/mol. The molecule has 1 rings (SSSR count). The van der Waals surface area contributed by atoms with Crippen molar-refractivity contribution in [1.82, 2.24) is 4.90 Å². The van der Waals surface area contributed by atoms with Crippen molar-refractivity contribution in [3.63, 3.8) is 0 Å². The van der Waals surface area contributed by atoms with Crippen LogP contribution in [-0.2, 0) is 4.79 Å². The molecule has 2 nitrogen and oxygen atoms in total. The molecule has 0 unspecified atom stereocenters. The predicted molar refractivity (Wildman–Crippen MR) is 59.5 cm³/mol. The van der Waals surface area contributed by atoms with Crippen molar-refractivity contribution in [3.05, 3.63) is 0 Å². The van der Waals surface area contributed by atoms with Crippen molar-refractivity contribution >= 4 is 17.5 Å². The molecule has 0 N–H and O–H groups in total. The molecule has 0 atom stereocenters. The fraction of sp³-hybridized carbons (Fsp3) is 0.909. The average molecular weight is 218 g/mol. The molecule has 0 aromatic rings. The third-order valence-corrected chi connectivity index (χ3v) is 2.98. The summed E-state index contributed by atoms with van der Waals surface area (Å²) in [6.07, 6.45) is 6.56. The third-order valence-electron chi connectivity index (χ3n) is 2.71. The van der Waals surface area contributed by atoms with Crippen LogP contribution in [0.2, 0.25) is 0 Å². The molecule has 1 saturated carbocycles. The second-order valence-electron chi connectivity index (χ2n) is 4.21. The minimum atomic E-state index is 0.318. The van der Waals surface area contributed by atoms with Crippen LogP contribution in [0.25, 0.3) is 0 Å². The van der Waals surface area contributed by atoms with E-state index in [0.717, 1.165) is 38.1 Å². The van der Waals surface area contributed by atoms with E-state index in [1.54, 1.807) is 0 Å². The highest BCUT2D eigenvalue weighted by molar-refractivity contribution is 6.17. The number of rotatable bonds is 7. The number of hydrogen-bond donors (Lipinski definition) is 0. The Labute approximate surface area is 91.6 Å². The van der Waals surface area contributed by atoms with E-state index in [1.165, 1.54) is 12.8 Å². The Morgan fingerprint density at radius 2 is 2.07 bits per heavy atom. The average Bonchev–Trinajstić information content (AvgIpc) is 2.96. The minimum absolute atomic E-state index is 0.318. The highest BCUT2D eigenvalue weighted by atomic mass is 35.5. The zero-order valence-electron chi connectivity index (χ0n) is 8.97. The molecule has 0 aromatic carbocycles. The first-order valence-corrected chi connectivity index (χ1v) is 6.07. The van der Waals surface area contributed by atoms with E-state index in [1.807, 2.05) is 11.9 Å². The Morgan fingerprint density at radius 1 is 1.36 bits per heavy atom. The standard InChI is InChI=1S/C11H20ClNO/c1-13(8-4-2-3-7-12)11(14)9-10-5-6-10/h10H,2-9H2,1H3. The highest BCUT2D eigenvalue weighted by Gasteiger charge is 2.25. The van der Waals surface area contributed by atoms with Gasteiger partial charge in [0.15, 0.2) is 0 Å². The van der Waals surface area contributed by atoms with Crippen LogP contribution in [0, 0.1) is 5.92 Å². The number of hydrogen-bond acceptors (Lipinski definition) is 1. The van der Waals surface area contributed by atoms with Gasteiger partial charge in [-0.1, -0.05) is 6.42 Å². The predicted octanol–water partition coefficient (Wildman–Crippen LogP) is 2.65. The number of nitrogens with zero attached hydrogens (tertiary/aromatic N) is 1. The molecule has 1 fully saturated rings. The first kappa shape index (κ1) is 11.8. The van der Waals surface area contributed by atoms with Gasteiger partial charge in [0.25, 0.3) is 0 Å². The van der Waals surface area contributed by atoms with Crippen molar-refractivity contribution in [2.45, 2.75) is 38.5 Å². The number of halogens is 1. The Morgan fingerprint density at radius 3 is 2.64 bits per heavy atom. The summed E-state index contributed by atoms with van der Waals surface area (Å²) in [7, 11) is 1.91. The van der Waals surface area contributed by atoms with Gasteiger partial charge in [0, 0.05) is 25.9 Å². The maximum atomic E-state index is 11.6. The molecule has 0 aromatic heterocycles. The number of unbranched alkanes of at least 4 members (excludes halogenated alkanes) is 2. The minimum Gasteiger partial charge on any atom is -0.346 e. The van der Waals surface area contributed by atoms with Crippen molar-refractivity contribution in [2.75, 3.05) is 19.5 Å². The molecule has 82 valence electrons. The summed E-state index contributed by atoms with van der Waals surface area (Å²) in [5.41, 5.74) is 0. The van der Waals surface area contributed by atoms with Crippen LogP contribution in [0.15, 0.2) is 0 Å². The number of carbonyl (C=O) groups is 1. The highest BCUT2D eigenvalue weighted by Crippen LogP contribution is 2.32. The number of alkyl halides is 1. The Balaban J connectivity index is 2.00. The van der Waals surface area contributed by atoms with Crippen molar-refractivity contribution < 1.29 is 4.79 Å². The summed E-state index contributed by atoms with van der Waals surface area (Å²) >= 11 is 5.58. The van der Waals surface area contributed by atoms with E-state index in [0.29, 0.717) is 11.8 Å². The lowest BCUT2D eigenvalue weighted by Gasteiger charge is -2.16. The molecule has 1 amide bonds. The van der Waals surface area contributed by atoms with Gasteiger partial charge in [-0.05, 0) is 31.6 Å². The van der Waals surface area contributed by atoms with Gasteiger partial charge < -0.3 is 4.90 Å². The second-order valence-corrected chi connectivity index (χ2v) is 4.59. The smallest absolute Gasteiger partial charge is 0.222 e. The van der Waals surface area contributed by atoms with E-state index in [-0.39, 0.29) is 0 Å². The molecule has 14 heavy (non-hydrogen) atoms. The first-order valence-electron chi connectivity index (χ1n) is 5.54. The lowest BCUT2D eigenvalue weighted by atomic mass is 10.2. The van der Waals surface area contributed by atoms with E-state index in [9.17, 15) is 4.79 Å². The summed E-state index contributed by atoms with van der Waals surface area (Å²) in [5.74, 6) is 1.76. The van der Waals surface area contributed by atoms with Crippen LogP contribution in [-0.4, -0.2) is 30.3 Å². The molecule has 0 heterocycles. The molecule has 0 bridgehead atoms. The number of amides is 1. The third kappa shape index (κ3) is 4.85. The van der Waals surface area contributed by atoms with Crippen LogP contribution in [0.4, 0.5) is 0 Å². The van der Waals surface area contributed by atoms with E-state index >= 15 is 0 Å². The van der Waals surface area contributed by atoms with Gasteiger partial charge in [0.2, 0.25) is 5.91 Å². The lowest BCUT2D eigenvalue weighted by Crippen LogP contribution is -2.27. The zero-order chi connectivity index (χ0) is 10.4.